The number of hydrogen-bond donors (Lipinski definition) is 4. The molecule has 90 valence electrons. The average Bonchev–Trinajstić information content (AvgIpc) is 2.31. The first-order valence-corrected chi connectivity index (χ1v) is 4.97. The van der Waals surface area contributed by atoms with Gasteiger partial charge in [-0.25, -0.2) is 0 Å². The zero-order valence-electron chi connectivity index (χ0n) is 9.33. The first-order valence-electron chi connectivity index (χ1n) is 4.97. The SMILES string of the molecule is Cc1ccccc1O.Oc1cccc(O)c1O. The third-order valence-electron chi connectivity index (χ3n) is 2.11. The quantitative estimate of drug-likeness (QED) is 0.528. The van der Waals surface area contributed by atoms with E-state index in [1.54, 1.807) is 6.07 Å². The number of aryl methyl sites for hydroxylation is 1. The lowest BCUT2D eigenvalue weighted by Crippen LogP contribution is -1.68. The van der Waals surface area contributed by atoms with Crippen LogP contribution >= 0.6 is 0 Å². The van der Waals surface area contributed by atoms with Crippen LogP contribution in [0.5, 0.6) is 23.0 Å². The molecule has 4 N–H and O–H groups in total. The van der Waals surface area contributed by atoms with Gasteiger partial charge in [-0.05, 0) is 30.7 Å². The van der Waals surface area contributed by atoms with Gasteiger partial charge in [-0.15, -0.1) is 0 Å². The van der Waals surface area contributed by atoms with Crippen LogP contribution < -0.4 is 0 Å². The van der Waals surface area contributed by atoms with Gasteiger partial charge in [0.05, 0.1) is 0 Å². The Kier molecular flexibility index (Phi) is 4.22. The highest BCUT2D eigenvalue weighted by molar-refractivity contribution is 5.47. The number of aromatic hydroxyl groups is 4. The molecule has 2 aromatic carbocycles. The van der Waals surface area contributed by atoms with Gasteiger partial charge in [-0.2, -0.15) is 0 Å². The molecule has 0 aliphatic heterocycles. The number of benzene rings is 2. The highest BCUT2D eigenvalue weighted by Crippen LogP contribution is 2.32. The summed E-state index contributed by atoms with van der Waals surface area (Å²) in [5.41, 5.74) is 0.924. The molecule has 2 rings (SSSR count). The molecule has 4 heteroatoms. The Labute approximate surface area is 99.0 Å². The van der Waals surface area contributed by atoms with Gasteiger partial charge in [-0.3, -0.25) is 0 Å². The fraction of sp³-hybridized carbons (Fsp3) is 0.0769. The van der Waals surface area contributed by atoms with Gasteiger partial charge in [0.15, 0.2) is 17.2 Å². The second kappa shape index (κ2) is 5.65. The molecule has 0 saturated carbocycles. The molecular formula is C13H14O4. The smallest absolute Gasteiger partial charge is 0.200 e. The molecule has 0 aliphatic carbocycles. The number of para-hydroxylation sites is 2. The molecule has 0 radical (unpaired) electrons. The summed E-state index contributed by atoms with van der Waals surface area (Å²) >= 11 is 0. The van der Waals surface area contributed by atoms with Crippen molar-refractivity contribution in [3.63, 3.8) is 0 Å². The molecule has 0 unspecified atom stereocenters. The van der Waals surface area contributed by atoms with Crippen LogP contribution in [-0.4, -0.2) is 20.4 Å². The minimum Gasteiger partial charge on any atom is -0.508 e. The molecule has 4 nitrogen and oxygen atoms in total. The Hall–Kier alpha value is -2.36. The van der Waals surface area contributed by atoms with Crippen LogP contribution in [0.1, 0.15) is 5.56 Å². The van der Waals surface area contributed by atoms with Gasteiger partial charge in [0, 0.05) is 0 Å². The lowest BCUT2D eigenvalue weighted by atomic mass is 10.2. The van der Waals surface area contributed by atoms with Crippen LogP contribution in [-0.2, 0) is 0 Å². The molecule has 2 aromatic rings. The Morgan fingerprint density at radius 1 is 0.647 bits per heavy atom. The van der Waals surface area contributed by atoms with Crippen LogP contribution in [0.2, 0.25) is 0 Å². The van der Waals surface area contributed by atoms with E-state index in [0.29, 0.717) is 5.75 Å². The molecule has 0 aromatic heterocycles. The van der Waals surface area contributed by atoms with E-state index >= 15 is 0 Å². The average molecular weight is 234 g/mol. The number of hydrogen-bond acceptors (Lipinski definition) is 4. The monoisotopic (exact) mass is 234 g/mol. The first kappa shape index (κ1) is 12.7. The van der Waals surface area contributed by atoms with Crippen LogP contribution in [0.15, 0.2) is 42.5 Å². The second-order valence-corrected chi connectivity index (χ2v) is 3.43. The highest BCUT2D eigenvalue weighted by Gasteiger charge is 2.00. The number of phenolic OH excluding ortho intramolecular Hbond substituents is 4. The molecule has 0 fully saturated rings. The molecule has 0 aliphatic rings. The van der Waals surface area contributed by atoms with Crippen LogP contribution in [0.4, 0.5) is 0 Å². The minimum atomic E-state index is -0.475. The third kappa shape index (κ3) is 3.61. The van der Waals surface area contributed by atoms with Crippen molar-refractivity contribution in [2.75, 3.05) is 0 Å². The van der Waals surface area contributed by atoms with Crippen LogP contribution in [0.25, 0.3) is 0 Å². The van der Waals surface area contributed by atoms with E-state index in [4.69, 9.17) is 20.4 Å². The maximum absolute atomic E-state index is 8.92. The molecule has 0 bridgehead atoms. The largest absolute Gasteiger partial charge is 0.508 e. The van der Waals surface area contributed by atoms with Gasteiger partial charge >= 0.3 is 0 Å². The Morgan fingerprint density at radius 3 is 1.47 bits per heavy atom. The van der Waals surface area contributed by atoms with Gasteiger partial charge in [0.1, 0.15) is 5.75 Å². The summed E-state index contributed by atoms with van der Waals surface area (Å²) in [6.07, 6.45) is 0. The zero-order chi connectivity index (χ0) is 12.8. The molecule has 0 amide bonds. The normalized spacial score (nSPS) is 9.24. The van der Waals surface area contributed by atoms with E-state index in [1.165, 1.54) is 18.2 Å². The van der Waals surface area contributed by atoms with Crippen molar-refractivity contribution in [1.29, 1.82) is 0 Å². The molecule has 0 saturated heterocycles. The van der Waals surface area contributed by atoms with E-state index in [9.17, 15) is 0 Å². The third-order valence-corrected chi connectivity index (χ3v) is 2.11. The topological polar surface area (TPSA) is 80.9 Å². The Balaban J connectivity index is 0.000000171. The summed E-state index contributed by atoms with van der Waals surface area (Å²) < 4.78 is 0. The number of phenols is 4. The summed E-state index contributed by atoms with van der Waals surface area (Å²) in [6.45, 7) is 1.87. The lowest BCUT2D eigenvalue weighted by molar-refractivity contribution is 0.368. The Morgan fingerprint density at radius 2 is 1.12 bits per heavy atom. The predicted octanol–water partition coefficient (Wildman–Crippen LogP) is 2.50. The number of rotatable bonds is 0. The van der Waals surface area contributed by atoms with Crippen molar-refractivity contribution < 1.29 is 20.4 Å². The second-order valence-electron chi connectivity index (χ2n) is 3.43. The van der Waals surface area contributed by atoms with Gasteiger partial charge in [0.2, 0.25) is 0 Å². The van der Waals surface area contributed by atoms with E-state index in [-0.39, 0.29) is 11.5 Å². The summed E-state index contributed by atoms with van der Waals surface area (Å²) in [5.74, 6) is -0.727. The molecule has 0 atom stereocenters. The molecule has 0 heterocycles. The zero-order valence-corrected chi connectivity index (χ0v) is 9.33. The summed E-state index contributed by atoms with van der Waals surface area (Å²) in [7, 11) is 0. The van der Waals surface area contributed by atoms with E-state index < -0.39 is 5.75 Å². The summed E-state index contributed by atoms with van der Waals surface area (Å²) in [6, 6.07) is 11.3. The molecular weight excluding hydrogens is 220 g/mol. The van der Waals surface area contributed by atoms with Gasteiger partial charge in [-0.1, -0.05) is 24.3 Å². The fourth-order valence-electron chi connectivity index (χ4n) is 1.08. The predicted molar refractivity (Wildman–Crippen MR) is 64.3 cm³/mol. The fourth-order valence-corrected chi connectivity index (χ4v) is 1.08. The van der Waals surface area contributed by atoms with E-state index in [0.717, 1.165) is 5.56 Å². The van der Waals surface area contributed by atoms with Crippen molar-refractivity contribution in [2.45, 2.75) is 6.92 Å². The maximum atomic E-state index is 8.92. The summed E-state index contributed by atoms with van der Waals surface area (Å²) in [5, 5.41) is 35.0. The summed E-state index contributed by atoms with van der Waals surface area (Å²) in [4.78, 5) is 0. The van der Waals surface area contributed by atoms with Crippen molar-refractivity contribution >= 4 is 0 Å². The molecule has 17 heavy (non-hydrogen) atoms. The standard InChI is InChI=1S/C7H8O.C6H6O3/c1-6-4-2-3-5-7(6)8;7-4-2-1-3-5(8)6(4)9/h2-5,8H,1H3;1-3,7-9H. The van der Waals surface area contributed by atoms with Crippen LogP contribution in [0, 0.1) is 6.92 Å². The highest BCUT2D eigenvalue weighted by atomic mass is 16.3. The lowest BCUT2D eigenvalue weighted by Gasteiger charge is -1.96. The van der Waals surface area contributed by atoms with Gasteiger partial charge < -0.3 is 20.4 Å². The van der Waals surface area contributed by atoms with Crippen molar-refractivity contribution in [3.8, 4) is 23.0 Å². The van der Waals surface area contributed by atoms with Gasteiger partial charge in [0.25, 0.3) is 0 Å². The Bertz CT molecular complexity index is 453. The van der Waals surface area contributed by atoms with Crippen LogP contribution in [0.3, 0.4) is 0 Å². The minimum absolute atomic E-state index is 0.310. The maximum Gasteiger partial charge on any atom is 0.200 e. The van der Waals surface area contributed by atoms with E-state index in [2.05, 4.69) is 0 Å². The first-order chi connectivity index (χ1) is 8.02. The van der Waals surface area contributed by atoms with Crippen molar-refractivity contribution in [3.05, 3.63) is 48.0 Å². The van der Waals surface area contributed by atoms with Crippen molar-refractivity contribution in [1.82, 2.24) is 0 Å². The van der Waals surface area contributed by atoms with E-state index in [1.807, 2.05) is 25.1 Å². The van der Waals surface area contributed by atoms with Crippen molar-refractivity contribution in [2.24, 2.45) is 0 Å². The molecule has 0 spiro atoms.